The molecule has 2 aromatic heterocycles. The molecule has 0 saturated carbocycles. The fourth-order valence-electron chi connectivity index (χ4n) is 4.64. The van der Waals surface area contributed by atoms with E-state index in [4.69, 9.17) is 5.73 Å². The van der Waals surface area contributed by atoms with Crippen LogP contribution in [0.2, 0.25) is 0 Å². The molecule has 1 aromatic carbocycles. The fraction of sp³-hybridized carbons (Fsp3) is 0.333. The number of rotatable bonds is 1. The number of likely N-dealkylation sites (tertiary alicyclic amines) is 1. The Morgan fingerprint density at radius 1 is 1.07 bits per heavy atom. The van der Waals surface area contributed by atoms with E-state index in [1.165, 1.54) is 0 Å². The summed E-state index contributed by atoms with van der Waals surface area (Å²) in [6.45, 7) is 1.25. The summed E-state index contributed by atoms with van der Waals surface area (Å²) in [7, 11) is 0. The van der Waals surface area contributed by atoms with E-state index in [2.05, 4.69) is 15.0 Å². The number of anilines is 1. The number of hydrogen-bond donors (Lipinski definition) is 2. The highest BCUT2D eigenvalue weighted by molar-refractivity contribution is 5.95. The number of amides is 1. The number of nitrogens with two attached hydrogens (primary N) is 1. The molecule has 5 rings (SSSR count). The lowest BCUT2D eigenvalue weighted by Crippen LogP contribution is -2.45. The van der Waals surface area contributed by atoms with E-state index >= 15 is 0 Å². The van der Waals surface area contributed by atoms with Crippen LogP contribution in [0.5, 0.6) is 0 Å². The van der Waals surface area contributed by atoms with Crippen molar-refractivity contribution >= 4 is 22.8 Å². The number of benzene rings is 1. The highest BCUT2D eigenvalue weighted by Gasteiger charge is 2.44. The normalized spacial score (nSPS) is 17.8. The molecule has 3 aromatic rings. The van der Waals surface area contributed by atoms with Gasteiger partial charge in [-0.3, -0.25) is 14.6 Å². The molecule has 3 heterocycles. The predicted molar refractivity (Wildman–Crippen MR) is 106 cm³/mol. The standard InChI is InChI=1S/C21H21N5O2/c22-20-24-17-14(18(27)25-20)7-8-21(17)9-11-26(12-10-21)19(28)16-6-5-13-3-1-2-4-15(13)23-16/h1-6H,7-12H2,(H3,22,24,25,27). The maximum atomic E-state index is 13.0. The van der Waals surface area contributed by atoms with Crippen LogP contribution < -0.4 is 11.3 Å². The Balaban J connectivity index is 1.38. The summed E-state index contributed by atoms with van der Waals surface area (Å²) in [4.78, 5) is 38.6. The molecular weight excluding hydrogens is 354 g/mol. The topological polar surface area (TPSA) is 105 Å². The summed E-state index contributed by atoms with van der Waals surface area (Å²) in [5.74, 6) is 0.126. The quantitative estimate of drug-likeness (QED) is 0.677. The third kappa shape index (κ3) is 2.58. The first-order valence-corrected chi connectivity index (χ1v) is 9.60. The highest BCUT2D eigenvalue weighted by Crippen LogP contribution is 2.44. The zero-order chi connectivity index (χ0) is 19.3. The number of pyridine rings is 1. The van der Waals surface area contributed by atoms with Gasteiger partial charge >= 0.3 is 0 Å². The van der Waals surface area contributed by atoms with Gasteiger partial charge in [-0.2, -0.15) is 0 Å². The van der Waals surface area contributed by atoms with Crippen molar-refractivity contribution in [3.05, 3.63) is 63.7 Å². The van der Waals surface area contributed by atoms with Gasteiger partial charge in [0.1, 0.15) is 5.69 Å². The van der Waals surface area contributed by atoms with Crippen LogP contribution in [-0.2, 0) is 11.8 Å². The second-order valence-corrected chi connectivity index (χ2v) is 7.74. The smallest absolute Gasteiger partial charge is 0.272 e. The minimum absolute atomic E-state index is 0.0443. The molecule has 0 unspecified atom stereocenters. The second kappa shape index (κ2) is 6.15. The summed E-state index contributed by atoms with van der Waals surface area (Å²) in [5, 5.41) is 1.02. The van der Waals surface area contributed by atoms with Crippen LogP contribution in [0, 0.1) is 0 Å². The predicted octanol–water partition coefficient (Wildman–Crippen LogP) is 2.02. The largest absolute Gasteiger partial charge is 0.369 e. The first kappa shape index (κ1) is 16.9. The second-order valence-electron chi connectivity index (χ2n) is 7.74. The van der Waals surface area contributed by atoms with E-state index in [-0.39, 0.29) is 22.8 Å². The van der Waals surface area contributed by atoms with Gasteiger partial charge in [-0.05, 0) is 37.8 Å². The van der Waals surface area contributed by atoms with E-state index in [0.29, 0.717) is 18.8 Å². The Labute approximate surface area is 161 Å². The number of H-pyrrole nitrogens is 1. The third-order valence-corrected chi connectivity index (χ3v) is 6.21. The number of aromatic amines is 1. The Bertz CT molecular complexity index is 1140. The molecular formula is C21H21N5O2. The van der Waals surface area contributed by atoms with E-state index in [1.54, 1.807) is 6.07 Å². The van der Waals surface area contributed by atoms with Gasteiger partial charge in [-0.25, -0.2) is 9.97 Å². The number of nitrogen functional groups attached to an aromatic ring is 1. The number of nitrogens with one attached hydrogen (secondary N) is 1. The van der Waals surface area contributed by atoms with E-state index in [1.807, 2.05) is 35.2 Å². The van der Waals surface area contributed by atoms with Gasteiger partial charge < -0.3 is 10.6 Å². The molecule has 142 valence electrons. The zero-order valence-electron chi connectivity index (χ0n) is 15.4. The summed E-state index contributed by atoms with van der Waals surface area (Å²) in [5.41, 5.74) is 8.39. The molecule has 1 fully saturated rings. The molecule has 1 saturated heterocycles. The minimum atomic E-state index is -0.148. The van der Waals surface area contributed by atoms with E-state index in [0.717, 1.165) is 47.8 Å². The van der Waals surface area contributed by atoms with Crippen LogP contribution >= 0.6 is 0 Å². The number of para-hydroxylation sites is 1. The van der Waals surface area contributed by atoms with Gasteiger partial charge in [0.25, 0.3) is 11.5 Å². The van der Waals surface area contributed by atoms with Crippen LogP contribution in [0.4, 0.5) is 5.95 Å². The zero-order valence-corrected chi connectivity index (χ0v) is 15.4. The van der Waals surface area contributed by atoms with E-state index < -0.39 is 0 Å². The monoisotopic (exact) mass is 375 g/mol. The molecule has 1 amide bonds. The Hall–Kier alpha value is -3.22. The maximum absolute atomic E-state index is 13.0. The maximum Gasteiger partial charge on any atom is 0.272 e. The molecule has 0 bridgehead atoms. The molecule has 7 heteroatoms. The number of fused-ring (bicyclic) bond motifs is 3. The molecule has 1 aliphatic carbocycles. The lowest BCUT2D eigenvalue weighted by atomic mass is 9.76. The van der Waals surface area contributed by atoms with Crippen LogP contribution in [0.1, 0.15) is 41.0 Å². The minimum Gasteiger partial charge on any atom is -0.369 e. The van der Waals surface area contributed by atoms with Crippen molar-refractivity contribution in [3.63, 3.8) is 0 Å². The number of nitrogens with zero attached hydrogens (tertiary/aromatic N) is 3. The van der Waals surface area contributed by atoms with Gasteiger partial charge in [0, 0.05) is 29.5 Å². The van der Waals surface area contributed by atoms with Crippen molar-refractivity contribution in [3.8, 4) is 0 Å². The number of carbonyl (C=O) groups excluding carboxylic acids is 1. The van der Waals surface area contributed by atoms with Crippen molar-refractivity contribution in [1.29, 1.82) is 0 Å². The van der Waals surface area contributed by atoms with Gasteiger partial charge in [-0.1, -0.05) is 24.3 Å². The van der Waals surface area contributed by atoms with Crippen LogP contribution in [-0.4, -0.2) is 38.8 Å². The molecule has 2 aliphatic rings. The van der Waals surface area contributed by atoms with Crippen molar-refractivity contribution < 1.29 is 4.79 Å². The molecule has 0 radical (unpaired) electrons. The first-order chi connectivity index (χ1) is 13.6. The molecule has 1 aliphatic heterocycles. The summed E-state index contributed by atoms with van der Waals surface area (Å²) < 4.78 is 0. The molecule has 1 spiro atoms. The number of piperidine rings is 1. The average molecular weight is 375 g/mol. The number of aromatic nitrogens is 3. The van der Waals surface area contributed by atoms with Crippen molar-refractivity contribution in [2.24, 2.45) is 0 Å². The van der Waals surface area contributed by atoms with Crippen LogP contribution in [0.25, 0.3) is 10.9 Å². The Morgan fingerprint density at radius 3 is 2.68 bits per heavy atom. The average Bonchev–Trinajstić information content (AvgIpc) is 3.06. The summed E-state index contributed by atoms with van der Waals surface area (Å²) in [6, 6.07) is 11.5. The number of carbonyl (C=O) groups is 1. The summed E-state index contributed by atoms with van der Waals surface area (Å²) in [6.07, 6.45) is 3.18. The molecule has 0 atom stereocenters. The van der Waals surface area contributed by atoms with Crippen molar-refractivity contribution in [2.75, 3.05) is 18.8 Å². The van der Waals surface area contributed by atoms with Gasteiger partial charge in [0.05, 0.1) is 11.2 Å². The Morgan fingerprint density at radius 2 is 1.86 bits per heavy atom. The number of hydrogen-bond acceptors (Lipinski definition) is 5. The first-order valence-electron chi connectivity index (χ1n) is 9.60. The fourth-order valence-corrected chi connectivity index (χ4v) is 4.64. The lowest BCUT2D eigenvalue weighted by molar-refractivity contribution is 0.0658. The highest BCUT2D eigenvalue weighted by atomic mass is 16.2. The Kier molecular flexibility index (Phi) is 3.72. The van der Waals surface area contributed by atoms with Crippen LogP contribution in [0.15, 0.2) is 41.2 Å². The SMILES string of the molecule is Nc1nc2c(c(=O)[nH]1)CCC21CCN(C(=O)c2ccc3ccccc3n2)CC1. The van der Waals surface area contributed by atoms with E-state index in [9.17, 15) is 9.59 Å². The summed E-state index contributed by atoms with van der Waals surface area (Å²) >= 11 is 0. The van der Waals surface area contributed by atoms with Gasteiger partial charge in [0.2, 0.25) is 5.95 Å². The van der Waals surface area contributed by atoms with Crippen molar-refractivity contribution in [1.82, 2.24) is 19.9 Å². The molecule has 3 N–H and O–H groups in total. The van der Waals surface area contributed by atoms with Gasteiger partial charge in [-0.15, -0.1) is 0 Å². The van der Waals surface area contributed by atoms with Crippen molar-refractivity contribution in [2.45, 2.75) is 31.1 Å². The molecule has 28 heavy (non-hydrogen) atoms. The lowest BCUT2D eigenvalue weighted by Gasteiger charge is -2.39. The molecule has 7 nitrogen and oxygen atoms in total. The van der Waals surface area contributed by atoms with Gasteiger partial charge in [0.15, 0.2) is 0 Å². The third-order valence-electron chi connectivity index (χ3n) is 6.21. The van der Waals surface area contributed by atoms with Crippen LogP contribution in [0.3, 0.4) is 0 Å².